The Morgan fingerprint density at radius 1 is 0.167 bits per heavy atom. The van der Waals surface area contributed by atoms with Crippen molar-refractivity contribution < 1.29 is 10.0 Å². The van der Waals surface area contributed by atoms with E-state index >= 15 is 0 Å². The second-order valence-corrected chi connectivity index (χ2v) is 32.1. The van der Waals surface area contributed by atoms with E-state index in [1.165, 1.54) is 22.3 Å². The van der Waals surface area contributed by atoms with E-state index in [9.17, 15) is 0 Å². The molecule has 12 heteroatoms. The molecule has 600 valence electrons. The molecule has 0 aliphatic carbocycles. The van der Waals surface area contributed by atoms with Crippen LogP contribution >= 0.6 is 39.1 Å². The lowest BCUT2D eigenvalue weighted by molar-refractivity contribution is 0.426. The van der Waals surface area contributed by atoms with Gasteiger partial charge < -0.3 is 10.0 Å². The van der Waals surface area contributed by atoms with Crippen LogP contribution < -0.4 is 5.46 Å². The number of nitrogens with zero attached hydrogens (tertiary/aromatic N) is 6. The summed E-state index contributed by atoms with van der Waals surface area (Å²) in [6.45, 7) is 0. The molecular formula is C114H78BBrCl2N6O2. The average molecular weight is 1730 g/mol. The van der Waals surface area contributed by atoms with Crippen LogP contribution in [0.4, 0.5) is 0 Å². The van der Waals surface area contributed by atoms with E-state index < -0.39 is 7.12 Å². The minimum Gasteiger partial charge on any atom is -0.423 e. The standard InChI is InChI=1S/C57H38BrN3.C51H34ClN3.C6H6BClO2/c58-54-29-27-43(28-30-54)55-59-56(46-25-13-23-44(31-46)52-35-48(39-15-5-1-6-16-39)33-49(36-52)40-17-7-2-8-18-40)61-57(60-55)47-26-14-24-45(32-47)53-37-50(41-19-9-3-10-20-41)34-51(38-53)42-21-11-4-12-22-42;52-51-54-49(41-25-13-23-39(27-41)47-31-43(35-15-5-1-6-16-35)29-44(32-47)36-17-7-2-8-18-36)53-50(55-51)42-26-14-24-40(28-42)48-33-45(37-19-9-3-10-20-37)30-46(34-48)38-21-11-4-12-22-38;8-6-3-1-5(2-4-6)7(9)10/h1-38H;1-34H;1-4,9-10H. The summed E-state index contributed by atoms with van der Waals surface area (Å²) in [6.07, 6.45) is 0. The molecule has 0 bridgehead atoms. The summed E-state index contributed by atoms with van der Waals surface area (Å²) in [7, 11) is -1.41. The lowest BCUT2D eigenvalue weighted by Crippen LogP contribution is -2.29. The summed E-state index contributed by atoms with van der Waals surface area (Å²) >= 11 is 15.8. The number of hydrogen-bond acceptors (Lipinski definition) is 8. The van der Waals surface area contributed by atoms with Gasteiger partial charge in [0.15, 0.2) is 29.1 Å². The molecule has 2 heterocycles. The van der Waals surface area contributed by atoms with Crippen LogP contribution in [-0.2, 0) is 0 Å². The van der Waals surface area contributed by atoms with Gasteiger partial charge in [-0.15, -0.1) is 0 Å². The molecule has 0 amide bonds. The molecule has 20 aromatic rings. The Morgan fingerprint density at radius 2 is 0.341 bits per heavy atom. The smallest absolute Gasteiger partial charge is 0.423 e. The van der Waals surface area contributed by atoms with E-state index in [4.69, 9.17) is 53.2 Å². The van der Waals surface area contributed by atoms with Crippen molar-refractivity contribution in [1.82, 2.24) is 29.9 Å². The molecule has 2 N–H and O–H groups in total. The Morgan fingerprint density at radius 3 is 0.556 bits per heavy atom. The van der Waals surface area contributed by atoms with Gasteiger partial charge in [-0.05, 0) is 272 Å². The van der Waals surface area contributed by atoms with Crippen molar-refractivity contribution in [2.75, 3.05) is 0 Å². The highest BCUT2D eigenvalue weighted by molar-refractivity contribution is 9.10. The zero-order valence-corrected chi connectivity index (χ0v) is 71.3. The lowest BCUT2D eigenvalue weighted by Gasteiger charge is -2.13. The Kier molecular flexibility index (Phi) is 25.1. The van der Waals surface area contributed by atoms with Crippen molar-refractivity contribution in [3.8, 4) is 190 Å². The molecule has 0 aliphatic rings. The van der Waals surface area contributed by atoms with Gasteiger partial charge in [0.25, 0.3) is 0 Å². The molecule has 0 fully saturated rings. The lowest BCUT2D eigenvalue weighted by atomic mass is 9.81. The van der Waals surface area contributed by atoms with Gasteiger partial charge in [-0.2, -0.15) is 9.97 Å². The second kappa shape index (κ2) is 38.6. The summed E-state index contributed by atoms with van der Waals surface area (Å²) < 4.78 is 0.992. The Hall–Kier alpha value is -15.0. The SMILES string of the molecule is Brc1ccc(-c2nc(-c3cccc(-c4cc(-c5ccccc5)cc(-c5ccccc5)c4)c3)nc(-c3cccc(-c4cc(-c5ccccc5)cc(-c5ccccc5)c4)c3)n2)cc1.Clc1nc(-c2cccc(-c3cc(-c4ccccc4)cc(-c4ccccc4)c3)c2)nc(-c2cccc(-c3cc(-c4ccccc4)cc(-c4ccccc4)c3)c2)n1.OB(O)c1ccc(Cl)cc1. The van der Waals surface area contributed by atoms with Crippen molar-refractivity contribution in [2.45, 2.75) is 0 Å². The summed E-state index contributed by atoms with van der Waals surface area (Å²) in [6, 6.07) is 160. The molecule has 126 heavy (non-hydrogen) atoms. The van der Waals surface area contributed by atoms with Crippen LogP contribution in [0, 0.1) is 0 Å². The first kappa shape index (κ1) is 82.0. The topological polar surface area (TPSA) is 118 Å². The molecule has 0 saturated carbocycles. The summed E-state index contributed by atoms with van der Waals surface area (Å²) in [5.74, 6) is 2.85. The first-order valence-electron chi connectivity index (χ1n) is 41.4. The zero-order valence-electron chi connectivity index (χ0n) is 68.2. The Labute approximate surface area is 752 Å². The summed E-state index contributed by atoms with van der Waals surface area (Å²) in [4.78, 5) is 29.7. The molecule has 0 atom stereocenters. The Bertz CT molecular complexity index is 6570. The molecule has 0 spiro atoms. The monoisotopic (exact) mass is 1720 g/mol. The van der Waals surface area contributed by atoms with E-state index in [0.29, 0.717) is 39.6 Å². The molecule has 2 aromatic heterocycles. The summed E-state index contributed by atoms with van der Waals surface area (Å²) in [5, 5.41) is 18.0. The predicted molar refractivity (Wildman–Crippen MR) is 526 cm³/mol. The molecule has 18 aromatic carbocycles. The van der Waals surface area contributed by atoms with Crippen LogP contribution in [0.25, 0.3) is 190 Å². The predicted octanol–water partition coefficient (Wildman–Crippen LogP) is 29.5. The van der Waals surface area contributed by atoms with Crippen molar-refractivity contribution >= 4 is 51.7 Å². The van der Waals surface area contributed by atoms with Crippen molar-refractivity contribution in [2.24, 2.45) is 0 Å². The van der Waals surface area contributed by atoms with Gasteiger partial charge in [-0.1, -0.05) is 367 Å². The first-order chi connectivity index (χ1) is 61.9. The van der Waals surface area contributed by atoms with E-state index in [1.54, 1.807) is 24.3 Å². The van der Waals surface area contributed by atoms with E-state index in [-0.39, 0.29) is 5.28 Å². The van der Waals surface area contributed by atoms with E-state index in [2.05, 4.69) is 390 Å². The second-order valence-electron chi connectivity index (χ2n) is 30.4. The molecule has 0 aliphatic heterocycles. The fraction of sp³-hybridized carbons (Fsp3) is 0. The average Bonchev–Trinajstić information content (AvgIpc) is 0.774. The van der Waals surface area contributed by atoms with E-state index in [1.807, 2.05) is 72.8 Å². The van der Waals surface area contributed by atoms with Crippen molar-refractivity contribution in [3.63, 3.8) is 0 Å². The van der Waals surface area contributed by atoms with Gasteiger partial charge in [0, 0.05) is 37.3 Å². The minimum absolute atomic E-state index is 0.144. The van der Waals surface area contributed by atoms with Crippen LogP contribution in [0.2, 0.25) is 10.3 Å². The summed E-state index contributed by atoms with van der Waals surface area (Å²) in [5.41, 5.74) is 32.2. The quantitative estimate of drug-likeness (QED) is 0.0816. The highest BCUT2D eigenvalue weighted by atomic mass is 79.9. The first-order valence-corrected chi connectivity index (χ1v) is 43.0. The molecule has 0 saturated heterocycles. The maximum Gasteiger partial charge on any atom is 0.488 e. The van der Waals surface area contributed by atoms with Crippen LogP contribution in [-0.4, -0.2) is 47.1 Å². The molecule has 0 unspecified atom stereocenters. The minimum atomic E-state index is -1.41. The van der Waals surface area contributed by atoms with E-state index in [0.717, 1.165) is 144 Å². The fourth-order valence-corrected chi connectivity index (χ4v) is 16.1. The normalized spacial score (nSPS) is 10.9. The van der Waals surface area contributed by atoms with Crippen LogP contribution in [0.1, 0.15) is 0 Å². The van der Waals surface area contributed by atoms with Gasteiger partial charge in [0.1, 0.15) is 0 Å². The van der Waals surface area contributed by atoms with Crippen molar-refractivity contribution in [3.05, 3.63) is 476 Å². The van der Waals surface area contributed by atoms with Gasteiger partial charge in [-0.25, -0.2) is 19.9 Å². The maximum absolute atomic E-state index is 8.63. The number of halogens is 3. The number of benzene rings is 18. The third-order valence-corrected chi connectivity index (χ3v) is 22.9. The number of aromatic nitrogens is 6. The van der Waals surface area contributed by atoms with Gasteiger partial charge in [0.2, 0.25) is 5.28 Å². The van der Waals surface area contributed by atoms with Crippen LogP contribution in [0.3, 0.4) is 0 Å². The molecular weight excluding hydrogens is 1650 g/mol. The number of rotatable bonds is 18. The zero-order chi connectivity index (χ0) is 85.5. The largest absolute Gasteiger partial charge is 0.488 e. The molecule has 8 nitrogen and oxygen atoms in total. The van der Waals surface area contributed by atoms with Crippen LogP contribution in [0.15, 0.2) is 466 Å². The highest BCUT2D eigenvalue weighted by Gasteiger charge is 2.20. The third kappa shape index (κ3) is 19.9. The third-order valence-electron chi connectivity index (χ3n) is 21.9. The fourth-order valence-electron chi connectivity index (χ4n) is 15.5. The highest BCUT2D eigenvalue weighted by Crippen LogP contribution is 2.41. The Balaban J connectivity index is 0.000000154. The molecule has 0 radical (unpaired) electrons. The van der Waals surface area contributed by atoms with Gasteiger partial charge >= 0.3 is 7.12 Å². The maximum atomic E-state index is 8.63. The van der Waals surface area contributed by atoms with Gasteiger partial charge in [-0.3, -0.25) is 0 Å². The number of hydrogen-bond donors (Lipinski definition) is 2. The van der Waals surface area contributed by atoms with Crippen molar-refractivity contribution in [1.29, 1.82) is 0 Å². The van der Waals surface area contributed by atoms with Gasteiger partial charge in [0.05, 0.1) is 0 Å². The molecule has 20 rings (SSSR count). The van der Waals surface area contributed by atoms with Crippen LogP contribution in [0.5, 0.6) is 0 Å².